The van der Waals surface area contributed by atoms with Gasteiger partial charge in [-0.15, -0.1) is 0 Å². The van der Waals surface area contributed by atoms with Gasteiger partial charge < -0.3 is 20.7 Å². The summed E-state index contributed by atoms with van der Waals surface area (Å²) in [6.45, 7) is 2.28. The summed E-state index contributed by atoms with van der Waals surface area (Å²) in [7, 11) is 0. The van der Waals surface area contributed by atoms with Crippen molar-refractivity contribution in [3.8, 4) is 5.75 Å². The van der Waals surface area contributed by atoms with Crippen LogP contribution in [0.4, 0.5) is 0 Å². The van der Waals surface area contributed by atoms with Crippen molar-refractivity contribution in [1.29, 1.82) is 0 Å². The van der Waals surface area contributed by atoms with E-state index in [0.717, 1.165) is 5.56 Å². The molecule has 0 aromatic heterocycles. The van der Waals surface area contributed by atoms with Crippen LogP contribution in [0.25, 0.3) is 0 Å². The summed E-state index contributed by atoms with van der Waals surface area (Å²) in [4.78, 5) is 35.2. The van der Waals surface area contributed by atoms with Crippen LogP contribution in [-0.4, -0.2) is 44.0 Å². The molecule has 3 N–H and O–H groups in total. The van der Waals surface area contributed by atoms with Crippen LogP contribution >= 0.6 is 0 Å². The van der Waals surface area contributed by atoms with Crippen molar-refractivity contribution < 1.29 is 19.1 Å². The molecule has 0 bridgehead atoms. The van der Waals surface area contributed by atoms with E-state index in [1.54, 1.807) is 36.4 Å². The summed E-state index contributed by atoms with van der Waals surface area (Å²) in [5.74, 6) is -0.294. The molecule has 0 radical (unpaired) electrons. The molecular formula is C20H23N3O4. The molecule has 0 aliphatic rings. The van der Waals surface area contributed by atoms with Gasteiger partial charge in [-0.3, -0.25) is 14.4 Å². The van der Waals surface area contributed by atoms with E-state index in [0.29, 0.717) is 11.3 Å². The predicted molar refractivity (Wildman–Crippen MR) is 101 cm³/mol. The summed E-state index contributed by atoms with van der Waals surface area (Å²) in [5, 5.41) is 7.79. The van der Waals surface area contributed by atoms with Crippen molar-refractivity contribution in [3.05, 3.63) is 65.7 Å². The van der Waals surface area contributed by atoms with Gasteiger partial charge in [-0.2, -0.15) is 0 Å². The van der Waals surface area contributed by atoms with Crippen LogP contribution < -0.4 is 20.7 Å². The molecular weight excluding hydrogens is 346 g/mol. The second-order valence-corrected chi connectivity index (χ2v) is 5.85. The largest absolute Gasteiger partial charge is 0.484 e. The lowest BCUT2D eigenvalue weighted by Gasteiger charge is -2.09. The van der Waals surface area contributed by atoms with E-state index >= 15 is 0 Å². The fourth-order valence-corrected chi connectivity index (χ4v) is 2.15. The molecule has 0 unspecified atom stereocenters. The van der Waals surface area contributed by atoms with Crippen LogP contribution in [0.1, 0.15) is 15.9 Å². The number of carbonyl (C=O) groups excluding carboxylic acids is 3. The number of ether oxygens (including phenoxy) is 1. The second-order valence-electron chi connectivity index (χ2n) is 5.85. The third kappa shape index (κ3) is 7.60. The zero-order valence-corrected chi connectivity index (χ0v) is 15.2. The highest BCUT2D eigenvalue weighted by Crippen LogP contribution is 2.10. The van der Waals surface area contributed by atoms with Gasteiger partial charge in [0.1, 0.15) is 5.75 Å². The van der Waals surface area contributed by atoms with Crippen molar-refractivity contribution in [3.63, 3.8) is 0 Å². The lowest BCUT2D eigenvalue weighted by molar-refractivity contribution is -0.123. The zero-order valence-electron chi connectivity index (χ0n) is 15.2. The Morgan fingerprint density at radius 2 is 1.44 bits per heavy atom. The summed E-state index contributed by atoms with van der Waals surface area (Å²) < 4.78 is 5.36. The topological polar surface area (TPSA) is 96.5 Å². The molecule has 2 aromatic carbocycles. The maximum atomic E-state index is 11.8. The Bertz CT molecular complexity index is 761. The normalized spacial score (nSPS) is 9.96. The van der Waals surface area contributed by atoms with Crippen molar-refractivity contribution in [2.45, 2.75) is 6.92 Å². The van der Waals surface area contributed by atoms with Crippen LogP contribution in [0.2, 0.25) is 0 Å². The molecule has 0 aliphatic heterocycles. The van der Waals surface area contributed by atoms with Crippen LogP contribution in [0, 0.1) is 6.92 Å². The van der Waals surface area contributed by atoms with Crippen molar-refractivity contribution in [2.75, 3.05) is 26.2 Å². The monoisotopic (exact) mass is 369 g/mol. The Morgan fingerprint density at radius 3 is 2.11 bits per heavy atom. The van der Waals surface area contributed by atoms with Gasteiger partial charge in [-0.05, 0) is 31.2 Å². The third-order valence-electron chi connectivity index (χ3n) is 3.61. The first-order chi connectivity index (χ1) is 13.0. The molecule has 0 spiro atoms. The maximum Gasteiger partial charge on any atom is 0.258 e. The smallest absolute Gasteiger partial charge is 0.258 e. The number of nitrogens with one attached hydrogen (secondary N) is 3. The first kappa shape index (κ1) is 20.0. The van der Waals surface area contributed by atoms with Crippen LogP contribution in [-0.2, 0) is 9.59 Å². The fraction of sp³-hybridized carbons (Fsp3) is 0.250. The first-order valence-electron chi connectivity index (χ1n) is 8.60. The van der Waals surface area contributed by atoms with Gasteiger partial charge in [0.25, 0.3) is 11.8 Å². The molecule has 0 aliphatic carbocycles. The number of carbonyl (C=O) groups is 3. The molecule has 0 fully saturated rings. The number of amides is 3. The minimum Gasteiger partial charge on any atom is -0.484 e. The van der Waals surface area contributed by atoms with E-state index in [-0.39, 0.29) is 44.0 Å². The molecule has 0 atom stereocenters. The van der Waals surface area contributed by atoms with E-state index in [1.807, 2.05) is 25.1 Å². The van der Waals surface area contributed by atoms with Crippen LogP contribution in [0.5, 0.6) is 5.75 Å². The summed E-state index contributed by atoms with van der Waals surface area (Å²) in [5.41, 5.74) is 1.61. The lowest BCUT2D eigenvalue weighted by Crippen LogP contribution is -2.41. The molecule has 7 heteroatoms. The van der Waals surface area contributed by atoms with Gasteiger partial charge >= 0.3 is 0 Å². The Kier molecular flexibility index (Phi) is 7.84. The highest BCUT2D eigenvalue weighted by molar-refractivity contribution is 5.96. The van der Waals surface area contributed by atoms with Crippen molar-refractivity contribution in [1.82, 2.24) is 16.0 Å². The van der Waals surface area contributed by atoms with Gasteiger partial charge in [0.05, 0.1) is 6.54 Å². The van der Waals surface area contributed by atoms with Crippen molar-refractivity contribution >= 4 is 17.7 Å². The Morgan fingerprint density at radius 1 is 0.815 bits per heavy atom. The standard InChI is InChI=1S/C20H23N3O4/c1-15-7-9-17(10-8-15)27-14-19(25)22-12-11-21-18(24)13-23-20(26)16-5-3-2-4-6-16/h2-10H,11-14H2,1H3,(H,21,24)(H,22,25)(H,23,26). The van der Waals surface area contributed by atoms with Gasteiger partial charge in [0.15, 0.2) is 6.61 Å². The summed E-state index contributed by atoms with van der Waals surface area (Å²) in [6, 6.07) is 16.0. The van der Waals surface area contributed by atoms with Gasteiger partial charge in [-0.1, -0.05) is 35.9 Å². The van der Waals surface area contributed by atoms with Gasteiger partial charge in [-0.25, -0.2) is 0 Å². The average molecular weight is 369 g/mol. The van der Waals surface area contributed by atoms with Crippen molar-refractivity contribution in [2.24, 2.45) is 0 Å². The second kappa shape index (κ2) is 10.6. The van der Waals surface area contributed by atoms with E-state index in [1.165, 1.54) is 0 Å². The van der Waals surface area contributed by atoms with E-state index < -0.39 is 0 Å². The quantitative estimate of drug-likeness (QED) is 0.576. The Hall–Kier alpha value is -3.35. The molecule has 0 saturated heterocycles. The maximum absolute atomic E-state index is 11.8. The van der Waals surface area contributed by atoms with Crippen LogP contribution in [0.3, 0.4) is 0 Å². The molecule has 0 saturated carbocycles. The number of rotatable bonds is 9. The first-order valence-corrected chi connectivity index (χ1v) is 8.60. The molecule has 2 rings (SSSR count). The SMILES string of the molecule is Cc1ccc(OCC(=O)NCCNC(=O)CNC(=O)c2ccccc2)cc1. The predicted octanol–water partition coefficient (Wildman–Crippen LogP) is 1.04. The van der Waals surface area contributed by atoms with Crippen LogP contribution in [0.15, 0.2) is 54.6 Å². The molecule has 27 heavy (non-hydrogen) atoms. The molecule has 2 aromatic rings. The summed E-state index contributed by atoms with van der Waals surface area (Å²) in [6.07, 6.45) is 0. The van der Waals surface area contributed by atoms with E-state index in [9.17, 15) is 14.4 Å². The average Bonchev–Trinajstić information content (AvgIpc) is 2.69. The minimum atomic E-state index is -0.329. The van der Waals surface area contributed by atoms with E-state index in [2.05, 4.69) is 16.0 Å². The number of hydrogen-bond acceptors (Lipinski definition) is 4. The highest BCUT2D eigenvalue weighted by atomic mass is 16.5. The van der Waals surface area contributed by atoms with Gasteiger partial charge in [0.2, 0.25) is 5.91 Å². The zero-order chi connectivity index (χ0) is 19.5. The molecule has 7 nitrogen and oxygen atoms in total. The third-order valence-corrected chi connectivity index (χ3v) is 3.61. The van der Waals surface area contributed by atoms with E-state index in [4.69, 9.17) is 4.74 Å². The minimum absolute atomic E-state index is 0.0931. The molecule has 3 amide bonds. The Labute approximate surface area is 158 Å². The fourth-order valence-electron chi connectivity index (χ4n) is 2.15. The molecule has 142 valence electrons. The Balaban J connectivity index is 1.55. The number of hydrogen-bond donors (Lipinski definition) is 3. The van der Waals surface area contributed by atoms with Gasteiger partial charge in [0, 0.05) is 18.7 Å². The summed E-state index contributed by atoms with van der Waals surface area (Å²) >= 11 is 0. The highest BCUT2D eigenvalue weighted by Gasteiger charge is 2.07. The number of aryl methyl sites for hydroxylation is 1. The lowest BCUT2D eigenvalue weighted by atomic mass is 10.2. The number of benzene rings is 2. The molecule has 0 heterocycles.